The minimum absolute atomic E-state index is 0.000324. The first-order valence-electron chi connectivity index (χ1n) is 5.28. The second kappa shape index (κ2) is 3.35. The van der Waals surface area contributed by atoms with Crippen molar-refractivity contribution in [1.29, 1.82) is 0 Å². The summed E-state index contributed by atoms with van der Waals surface area (Å²) in [5.74, 6) is 1.03. The second-order valence-corrected chi connectivity index (χ2v) is 4.64. The van der Waals surface area contributed by atoms with Gasteiger partial charge < -0.3 is 10.3 Å². The fourth-order valence-electron chi connectivity index (χ4n) is 1.95. The van der Waals surface area contributed by atoms with Crippen LogP contribution in [0.4, 0.5) is 0 Å². The van der Waals surface area contributed by atoms with Gasteiger partial charge in [-0.2, -0.15) is 0 Å². The van der Waals surface area contributed by atoms with E-state index in [2.05, 4.69) is 28.6 Å². The van der Waals surface area contributed by atoms with Crippen molar-refractivity contribution in [3.05, 3.63) is 12.2 Å². The summed E-state index contributed by atoms with van der Waals surface area (Å²) < 4.78 is 2.10. The van der Waals surface area contributed by atoms with Crippen molar-refractivity contribution in [1.82, 2.24) is 14.8 Å². The van der Waals surface area contributed by atoms with Crippen LogP contribution in [0.1, 0.15) is 45.0 Å². The molecule has 4 heteroatoms. The van der Waals surface area contributed by atoms with E-state index in [-0.39, 0.29) is 5.54 Å². The maximum atomic E-state index is 6.18. The SMILES string of the molecule is CC(C)n1cnnc1CC1(N)CCC1. The molecule has 1 aliphatic rings. The molecule has 1 aliphatic carbocycles. The third-order valence-corrected chi connectivity index (χ3v) is 3.06. The molecule has 0 atom stereocenters. The molecule has 0 radical (unpaired) electrons. The Balaban J connectivity index is 2.12. The smallest absolute Gasteiger partial charge is 0.134 e. The average Bonchev–Trinajstić information content (AvgIpc) is 2.49. The van der Waals surface area contributed by atoms with Crippen LogP contribution in [0.5, 0.6) is 0 Å². The average molecular weight is 194 g/mol. The summed E-state index contributed by atoms with van der Waals surface area (Å²) in [6, 6.07) is 0.420. The Labute approximate surface area is 84.5 Å². The molecule has 78 valence electrons. The van der Waals surface area contributed by atoms with Gasteiger partial charge in [0.1, 0.15) is 12.2 Å². The molecule has 0 aliphatic heterocycles. The molecule has 1 fully saturated rings. The van der Waals surface area contributed by atoms with Gasteiger partial charge in [0.25, 0.3) is 0 Å². The van der Waals surface area contributed by atoms with Gasteiger partial charge in [0.2, 0.25) is 0 Å². The Kier molecular flexibility index (Phi) is 2.31. The molecule has 14 heavy (non-hydrogen) atoms. The lowest BCUT2D eigenvalue weighted by Crippen LogP contribution is -2.49. The van der Waals surface area contributed by atoms with Crippen LogP contribution in [-0.4, -0.2) is 20.3 Å². The standard InChI is InChI=1S/C10H18N4/c1-8(2)14-7-12-13-9(14)6-10(11)4-3-5-10/h7-8H,3-6,11H2,1-2H3. The molecule has 0 bridgehead atoms. The second-order valence-electron chi connectivity index (χ2n) is 4.64. The first-order chi connectivity index (χ1) is 6.61. The van der Waals surface area contributed by atoms with Crippen LogP contribution in [-0.2, 0) is 6.42 Å². The minimum Gasteiger partial charge on any atom is -0.325 e. The summed E-state index contributed by atoms with van der Waals surface area (Å²) in [4.78, 5) is 0. The Morgan fingerprint density at radius 1 is 1.57 bits per heavy atom. The van der Waals surface area contributed by atoms with E-state index in [0.717, 1.165) is 25.1 Å². The Morgan fingerprint density at radius 3 is 2.79 bits per heavy atom. The third-order valence-electron chi connectivity index (χ3n) is 3.06. The molecule has 0 aromatic carbocycles. The summed E-state index contributed by atoms with van der Waals surface area (Å²) >= 11 is 0. The number of nitrogens with zero attached hydrogens (tertiary/aromatic N) is 3. The third kappa shape index (κ3) is 1.66. The number of hydrogen-bond acceptors (Lipinski definition) is 3. The van der Waals surface area contributed by atoms with E-state index in [1.165, 1.54) is 6.42 Å². The van der Waals surface area contributed by atoms with Crippen LogP contribution in [0.2, 0.25) is 0 Å². The Hall–Kier alpha value is -0.900. The number of nitrogens with two attached hydrogens (primary N) is 1. The van der Waals surface area contributed by atoms with E-state index in [0.29, 0.717) is 6.04 Å². The van der Waals surface area contributed by atoms with Gasteiger partial charge in [0, 0.05) is 18.0 Å². The van der Waals surface area contributed by atoms with Gasteiger partial charge in [-0.25, -0.2) is 0 Å². The summed E-state index contributed by atoms with van der Waals surface area (Å²) in [5.41, 5.74) is 6.18. The summed E-state index contributed by atoms with van der Waals surface area (Å²) in [5, 5.41) is 8.08. The van der Waals surface area contributed by atoms with Gasteiger partial charge in [0.05, 0.1) is 0 Å². The molecule has 1 aromatic rings. The molecular weight excluding hydrogens is 176 g/mol. The number of hydrogen-bond donors (Lipinski definition) is 1. The monoisotopic (exact) mass is 194 g/mol. The zero-order valence-corrected chi connectivity index (χ0v) is 8.90. The minimum atomic E-state index is -0.000324. The maximum Gasteiger partial charge on any atom is 0.134 e. The molecule has 2 rings (SSSR count). The van der Waals surface area contributed by atoms with Crippen molar-refractivity contribution < 1.29 is 0 Å². The molecule has 4 nitrogen and oxygen atoms in total. The van der Waals surface area contributed by atoms with Crippen LogP contribution < -0.4 is 5.73 Å². The van der Waals surface area contributed by atoms with E-state index >= 15 is 0 Å². The highest BCUT2D eigenvalue weighted by Crippen LogP contribution is 2.32. The fourth-order valence-corrected chi connectivity index (χ4v) is 1.95. The summed E-state index contributed by atoms with van der Waals surface area (Å²) in [6.45, 7) is 4.27. The lowest BCUT2D eigenvalue weighted by Gasteiger charge is -2.37. The maximum absolute atomic E-state index is 6.18. The van der Waals surface area contributed by atoms with Crippen molar-refractivity contribution >= 4 is 0 Å². The van der Waals surface area contributed by atoms with Crippen LogP contribution >= 0.6 is 0 Å². The van der Waals surface area contributed by atoms with E-state index in [1.54, 1.807) is 6.33 Å². The van der Waals surface area contributed by atoms with Crippen LogP contribution in [0.15, 0.2) is 6.33 Å². The largest absolute Gasteiger partial charge is 0.325 e. The topological polar surface area (TPSA) is 56.7 Å². The first-order valence-corrected chi connectivity index (χ1v) is 5.28. The number of rotatable bonds is 3. The van der Waals surface area contributed by atoms with Gasteiger partial charge in [-0.1, -0.05) is 0 Å². The van der Waals surface area contributed by atoms with Crippen molar-refractivity contribution in [2.45, 2.75) is 51.1 Å². The van der Waals surface area contributed by atoms with E-state index in [1.807, 2.05) is 0 Å². The zero-order chi connectivity index (χ0) is 10.2. The molecule has 1 heterocycles. The zero-order valence-electron chi connectivity index (χ0n) is 8.90. The van der Waals surface area contributed by atoms with E-state index in [9.17, 15) is 0 Å². The lowest BCUT2D eigenvalue weighted by molar-refractivity contribution is 0.240. The van der Waals surface area contributed by atoms with Crippen LogP contribution in [0.25, 0.3) is 0 Å². The summed E-state index contributed by atoms with van der Waals surface area (Å²) in [6.07, 6.45) is 6.16. The fraction of sp³-hybridized carbons (Fsp3) is 0.800. The number of aromatic nitrogens is 3. The van der Waals surface area contributed by atoms with Crippen molar-refractivity contribution in [2.75, 3.05) is 0 Å². The highest BCUT2D eigenvalue weighted by atomic mass is 15.3. The highest BCUT2D eigenvalue weighted by molar-refractivity contribution is 5.03. The predicted octanol–water partition coefficient (Wildman–Crippen LogP) is 1.28. The van der Waals surface area contributed by atoms with E-state index < -0.39 is 0 Å². The Bertz CT molecular complexity index is 312. The predicted molar refractivity (Wildman–Crippen MR) is 54.9 cm³/mol. The molecule has 0 amide bonds. The Morgan fingerprint density at radius 2 is 2.29 bits per heavy atom. The molecular formula is C10H18N4. The van der Waals surface area contributed by atoms with Gasteiger partial charge in [-0.05, 0) is 33.1 Å². The van der Waals surface area contributed by atoms with Crippen LogP contribution in [0.3, 0.4) is 0 Å². The molecule has 1 aromatic heterocycles. The quantitative estimate of drug-likeness (QED) is 0.788. The van der Waals surface area contributed by atoms with E-state index in [4.69, 9.17) is 5.73 Å². The summed E-state index contributed by atoms with van der Waals surface area (Å²) in [7, 11) is 0. The normalized spacial score (nSPS) is 19.7. The molecule has 1 saturated carbocycles. The van der Waals surface area contributed by atoms with Gasteiger partial charge >= 0.3 is 0 Å². The van der Waals surface area contributed by atoms with Gasteiger partial charge in [0.15, 0.2) is 0 Å². The molecule has 2 N–H and O–H groups in total. The lowest BCUT2D eigenvalue weighted by atomic mass is 9.75. The molecule has 0 spiro atoms. The van der Waals surface area contributed by atoms with Crippen LogP contribution in [0, 0.1) is 0 Å². The first kappa shape index (κ1) is 9.65. The highest BCUT2D eigenvalue weighted by Gasteiger charge is 2.34. The van der Waals surface area contributed by atoms with Gasteiger partial charge in [-0.15, -0.1) is 10.2 Å². The van der Waals surface area contributed by atoms with Crippen molar-refractivity contribution in [3.63, 3.8) is 0 Å². The van der Waals surface area contributed by atoms with Crippen molar-refractivity contribution in [2.24, 2.45) is 5.73 Å². The van der Waals surface area contributed by atoms with Crippen molar-refractivity contribution in [3.8, 4) is 0 Å². The van der Waals surface area contributed by atoms with Gasteiger partial charge in [-0.3, -0.25) is 0 Å². The molecule has 0 unspecified atom stereocenters. The molecule has 0 saturated heterocycles.